The standard InChI is InChI=1S/C24H20BrN2O/c1-28-21-6-4-5-20(15-21)23-8-3-2-7-22(23)19-11-9-18(10-12-19)17-27-14-13-26-24(27)16-25/h2-4,6-15H,16-17H2,1H3. The number of aromatic nitrogens is 2. The van der Waals surface area contributed by atoms with Gasteiger partial charge in [0.05, 0.1) is 12.4 Å². The van der Waals surface area contributed by atoms with Gasteiger partial charge < -0.3 is 9.30 Å². The Hall–Kier alpha value is -2.85. The molecule has 0 saturated carbocycles. The number of alkyl halides is 1. The molecule has 0 aliphatic heterocycles. The lowest BCUT2D eigenvalue weighted by molar-refractivity contribution is 0.415. The summed E-state index contributed by atoms with van der Waals surface area (Å²) in [6, 6.07) is 26.3. The second kappa shape index (κ2) is 8.44. The molecule has 0 N–H and O–H groups in total. The van der Waals surface area contributed by atoms with Gasteiger partial charge in [0.25, 0.3) is 0 Å². The first-order chi connectivity index (χ1) is 13.8. The van der Waals surface area contributed by atoms with E-state index in [1.165, 1.54) is 16.7 Å². The maximum Gasteiger partial charge on any atom is 0.119 e. The predicted molar refractivity (Wildman–Crippen MR) is 117 cm³/mol. The molecule has 0 aliphatic rings. The van der Waals surface area contributed by atoms with E-state index in [2.05, 4.69) is 80.1 Å². The third-order valence-electron chi connectivity index (χ3n) is 4.77. The fraction of sp³-hybridized carbons (Fsp3) is 0.125. The summed E-state index contributed by atoms with van der Waals surface area (Å²) < 4.78 is 7.53. The summed E-state index contributed by atoms with van der Waals surface area (Å²) in [6.07, 6.45) is 3.85. The summed E-state index contributed by atoms with van der Waals surface area (Å²) in [5.41, 5.74) is 5.78. The highest BCUT2D eigenvalue weighted by Gasteiger charge is 2.09. The van der Waals surface area contributed by atoms with Crippen molar-refractivity contribution in [3.8, 4) is 28.0 Å². The van der Waals surface area contributed by atoms with Crippen LogP contribution in [-0.2, 0) is 11.9 Å². The first-order valence-corrected chi connectivity index (χ1v) is 10.2. The van der Waals surface area contributed by atoms with Gasteiger partial charge >= 0.3 is 0 Å². The smallest absolute Gasteiger partial charge is 0.119 e. The number of hydrogen-bond acceptors (Lipinski definition) is 2. The molecule has 3 nitrogen and oxygen atoms in total. The molecule has 3 aromatic carbocycles. The maximum absolute atomic E-state index is 5.38. The lowest BCUT2D eigenvalue weighted by atomic mass is 9.94. The molecule has 4 aromatic rings. The fourth-order valence-electron chi connectivity index (χ4n) is 3.30. The van der Waals surface area contributed by atoms with Crippen molar-refractivity contribution in [2.75, 3.05) is 7.11 Å². The molecule has 1 heterocycles. The average molecular weight is 432 g/mol. The van der Waals surface area contributed by atoms with Crippen LogP contribution in [-0.4, -0.2) is 16.7 Å². The lowest BCUT2D eigenvalue weighted by Crippen LogP contribution is -2.02. The van der Waals surface area contributed by atoms with E-state index >= 15 is 0 Å². The molecule has 0 spiro atoms. The first-order valence-electron chi connectivity index (χ1n) is 9.09. The Morgan fingerprint density at radius 3 is 2.57 bits per heavy atom. The van der Waals surface area contributed by atoms with E-state index in [0.29, 0.717) is 0 Å². The quantitative estimate of drug-likeness (QED) is 0.351. The van der Waals surface area contributed by atoms with Gasteiger partial charge in [-0.15, -0.1) is 0 Å². The Kier molecular flexibility index (Phi) is 5.58. The molecule has 28 heavy (non-hydrogen) atoms. The van der Waals surface area contributed by atoms with Gasteiger partial charge in [-0.2, -0.15) is 0 Å². The number of rotatable bonds is 6. The molecule has 0 unspecified atom stereocenters. The van der Waals surface area contributed by atoms with Crippen LogP contribution in [0.15, 0.2) is 79.1 Å². The summed E-state index contributed by atoms with van der Waals surface area (Å²) in [5.74, 6) is 1.87. The highest BCUT2D eigenvalue weighted by molar-refractivity contribution is 9.08. The van der Waals surface area contributed by atoms with E-state index in [1.54, 1.807) is 7.11 Å². The number of ether oxygens (including phenoxy) is 1. The van der Waals surface area contributed by atoms with Crippen LogP contribution >= 0.6 is 15.9 Å². The summed E-state index contributed by atoms with van der Waals surface area (Å²) >= 11 is 3.49. The minimum Gasteiger partial charge on any atom is -0.497 e. The van der Waals surface area contributed by atoms with Crippen molar-refractivity contribution in [3.63, 3.8) is 0 Å². The molecule has 0 bridgehead atoms. The number of imidazole rings is 1. The minimum atomic E-state index is 0.752. The van der Waals surface area contributed by atoms with Crippen LogP contribution in [0.5, 0.6) is 5.75 Å². The minimum absolute atomic E-state index is 0.752. The Morgan fingerprint density at radius 1 is 1.04 bits per heavy atom. The third-order valence-corrected chi connectivity index (χ3v) is 5.27. The van der Waals surface area contributed by atoms with Gasteiger partial charge in [-0.05, 0) is 46.0 Å². The summed E-state index contributed by atoms with van der Waals surface area (Å²) in [6.45, 7) is 0.812. The molecule has 1 aromatic heterocycles. The van der Waals surface area contributed by atoms with Crippen molar-refractivity contribution >= 4 is 15.9 Å². The maximum atomic E-state index is 5.38. The van der Waals surface area contributed by atoms with Gasteiger partial charge in [-0.3, -0.25) is 0 Å². The Balaban J connectivity index is 1.65. The second-order valence-electron chi connectivity index (χ2n) is 6.49. The predicted octanol–water partition coefficient (Wildman–Crippen LogP) is 5.97. The second-order valence-corrected chi connectivity index (χ2v) is 7.05. The topological polar surface area (TPSA) is 27.1 Å². The number of hydrogen-bond donors (Lipinski definition) is 0. The van der Waals surface area contributed by atoms with Crippen molar-refractivity contribution in [2.45, 2.75) is 11.9 Å². The zero-order valence-corrected chi connectivity index (χ0v) is 17.2. The highest BCUT2D eigenvalue weighted by atomic mass is 79.9. The zero-order chi connectivity index (χ0) is 19.3. The molecule has 0 amide bonds. The Morgan fingerprint density at radius 2 is 1.82 bits per heavy atom. The Labute approximate surface area is 173 Å². The molecule has 139 valence electrons. The number of nitrogens with zero attached hydrogens (tertiary/aromatic N) is 2. The van der Waals surface area contributed by atoms with Crippen LogP contribution in [0.3, 0.4) is 0 Å². The van der Waals surface area contributed by atoms with Crippen LogP contribution < -0.4 is 4.74 Å². The molecule has 0 fully saturated rings. The molecule has 4 rings (SSSR count). The first kappa shape index (κ1) is 18.5. The van der Waals surface area contributed by atoms with E-state index in [1.807, 2.05) is 30.6 Å². The van der Waals surface area contributed by atoms with Crippen LogP contribution in [0, 0.1) is 6.07 Å². The van der Waals surface area contributed by atoms with E-state index in [9.17, 15) is 0 Å². The van der Waals surface area contributed by atoms with Gasteiger partial charge in [-0.25, -0.2) is 4.98 Å². The van der Waals surface area contributed by atoms with Gasteiger partial charge in [0.15, 0.2) is 0 Å². The summed E-state index contributed by atoms with van der Waals surface area (Å²) in [7, 11) is 1.69. The number of benzene rings is 3. The highest BCUT2D eigenvalue weighted by Crippen LogP contribution is 2.33. The number of halogens is 1. The van der Waals surface area contributed by atoms with Crippen LogP contribution in [0.25, 0.3) is 22.3 Å². The monoisotopic (exact) mass is 431 g/mol. The van der Waals surface area contributed by atoms with E-state index in [4.69, 9.17) is 4.74 Å². The molecule has 4 heteroatoms. The largest absolute Gasteiger partial charge is 0.497 e. The van der Waals surface area contributed by atoms with Gasteiger partial charge in [0.2, 0.25) is 0 Å². The van der Waals surface area contributed by atoms with Crippen LogP contribution in [0.2, 0.25) is 0 Å². The summed E-state index contributed by atoms with van der Waals surface area (Å²) in [5, 5.41) is 0.752. The van der Waals surface area contributed by atoms with Crippen LogP contribution in [0.1, 0.15) is 11.4 Å². The van der Waals surface area contributed by atoms with Gasteiger partial charge in [0.1, 0.15) is 11.6 Å². The Bertz CT molecular complexity index is 1070. The number of methoxy groups -OCH3 is 1. The zero-order valence-electron chi connectivity index (χ0n) is 15.6. The third kappa shape index (κ3) is 3.87. The van der Waals surface area contributed by atoms with E-state index in [0.717, 1.165) is 34.6 Å². The van der Waals surface area contributed by atoms with Gasteiger partial charge in [-0.1, -0.05) is 70.5 Å². The molecule has 0 saturated heterocycles. The van der Waals surface area contributed by atoms with Gasteiger partial charge in [0, 0.05) is 18.9 Å². The molecular formula is C24H20BrN2O. The SMILES string of the molecule is COc1cc[c]c(-c2ccccc2-c2ccc(Cn3ccnc3CBr)cc2)c1. The van der Waals surface area contributed by atoms with Crippen LogP contribution in [0.4, 0.5) is 0 Å². The molecular weight excluding hydrogens is 412 g/mol. The van der Waals surface area contributed by atoms with Crippen molar-refractivity contribution in [1.82, 2.24) is 9.55 Å². The van der Waals surface area contributed by atoms with Crippen molar-refractivity contribution in [2.24, 2.45) is 0 Å². The van der Waals surface area contributed by atoms with E-state index in [-0.39, 0.29) is 0 Å². The normalized spacial score (nSPS) is 10.8. The summed E-state index contributed by atoms with van der Waals surface area (Å²) in [4.78, 5) is 4.36. The molecule has 0 aliphatic carbocycles. The lowest BCUT2D eigenvalue weighted by Gasteiger charge is -2.12. The molecule has 0 atom stereocenters. The molecule has 1 radical (unpaired) electrons. The van der Waals surface area contributed by atoms with Crippen molar-refractivity contribution in [3.05, 3.63) is 96.6 Å². The van der Waals surface area contributed by atoms with Crippen molar-refractivity contribution in [1.29, 1.82) is 0 Å². The van der Waals surface area contributed by atoms with E-state index < -0.39 is 0 Å². The average Bonchev–Trinajstić information content (AvgIpc) is 3.21. The van der Waals surface area contributed by atoms with Crippen molar-refractivity contribution < 1.29 is 4.74 Å². The fourth-order valence-corrected chi connectivity index (χ4v) is 3.77.